The molecule has 0 radical (unpaired) electrons. The Balaban J connectivity index is 1.97. The highest BCUT2D eigenvalue weighted by atomic mass is 19.1. The number of H-pyrrole nitrogens is 2. The molecule has 8 nitrogen and oxygen atoms in total. The fraction of sp³-hybridized carbons (Fsp3) is 0. The highest BCUT2D eigenvalue weighted by Crippen LogP contribution is 2.28. The van der Waals surface area contributed by atoms with Crippen LogP contribution in [0.25, 0.3) is 11.3 Å². The van der Waals surface area contributed by atoms with E-state index in [1.165, 1.54) is 42.5 Å². The molecule has 0 aliphatic carbocycles. The molecule has 2 N–H and O–H groups in total. The molecule has 120 valence electrons. The maximum absolute atomic E-state index is 13.1. The third kappa shape index (κ3) is 3.09. The van der Waals surface area contributed by atoms with Crippen LogP contribution < -0.4 is 5.56 Å². The van der Waals surface area contributed by atoms with Crippen molar-refractivity contribution < 1.29 is 9.31 Å². The average molecular weight is 327 g/mol. The lowest BCUT2D eigenvalue weighted by Crippen LogP contribution is -1.96. The van der Waals surface area contributed by atoms with Crippen molar-refractivity contribution in [2.45, 2.75) is 0 Å². The summed E-state index contributed by atoms with van der Waals surface area (Å²) in [5.41, 5.74) is 0.517. The quantitative estimate of drug-likeness (QED) is 0.431. The monoisotopic (exact) mass is 327 g/mol. The smallest absolute Gasteiger partial charge is 0.292 e. The number of aromatic nitrogens is 2. The molecule has 2 aromatic carbocycles. The molecule has 0 fully saturated rings. The second-order valence-corrected chi connectivity index (χ2v) is 4.79. The topological polar surface area (TPSA) is 117 Å². The number of hydrogen-bond acceptors (Lipinski definition) is 5. The first-order chi connectivity index (χ1) is 11.5. The number of hydrogen-bond donors (Lipinski definition) is 2. The Kier molecular flexibility index (Phi) is 3.98. The standard InChI is InChI=1S/C15H10FN5O3/c16-10-2-1-3-11(8-10)17-19-14-13(18-20-15(14)22)9-4-6-12(7-5-9)21(23)24/h1-8H,(H2,18,20,22). The normalized spacial score (nSPS) is 11.0. The zero-order valence-electron chi connectivity index (χ0n) is 12.1. The first-order valence-corrected chi connectivity index (χ1v) is 6.77. The Morgan fingerprint density at radius 1 is 1.04 bits per heavy atom. The van der Waals surface area contributed by atoms with E-state index in [0.717, 1.165) is 0 Å². The van der Waals surface area contributed by atoms with Crippen LogP contribution >= 0.6 is 0 Å². The van der Waals surface area contributed by atoms with Crippen LogP contribution in [-0.2, 0) is 0 Å². The third-order valence-electron chi connectivity index (χ3n) is 3.19. The highest BCUT2D eigenvalue weighted by molar-refractivity contribution is 5.71. The predicted octanol–water partition coefficient (Wildman–Crippen LogP) is 3.83. The molecular formula is C15H10FN5O3. The summed E-state index contributed by atoms with van der Waals surface area (Å²) in [6.07, 6.45) is 0. The lowest BCUT2D eigenvalue weighted by Gasteiger charge is -1.98. The van der Waals surface area contributed by atoms with E-state index < -0.39 is 16.3 Å². The van der Waals surface area contributed by atoms with E-state index in [9.17, 15) is 19.3 Å². The molecule has 3 aromatic rings. The van der Waals surface area contributed by atoms with E-state index in [1.807, 2.05) is 0 Å². The van der Waals surface area contributed by atoms with Crippen LogP contribution in [0.5, 0.6) is 0 Å². The summed E-state index contributed by atoms with van der Waals surface area (Å²) in [5.74, 6) is -0.468. The van der Waals surface area contributed by atoms with Gasteiger partial charge in [-0.2, -0.15) is 5.11 Å². The number of nitro benzene ring substituents is 1. The maximum atomic E-state index is 13.1. The van der Waals surface area contributed by atoms with Gasteiger partial charge in [0.05, 0.1) is 16.3 Å². The maximum Gasteiger partial charge on any atom is 0.292 e. The van der Waals surface area contributed by atoms with E-state index in [-0.39, 0.29) is 17.1 Å². The number of rotatable bonds is 4. The van der Waals surface area contributed by atoms with E-state index in [0.29, 0.717) is 11.3 Å². The van der Waals surface area contributed by atoms with Crippen molar-refractivity contribution in [2.75, 3.05) is 0 Å². The second kappa shape index (κ2) is 6.24. The van der Waals surface area contributed by atoms with Crippen LogP contribution in [0.1, 0.15) is 0 Å². The van der Waals surface area contributed by atoms with Crippen LogP contribution in [0, 0.1) is 15.9 Å². The predicted molar refractivity (Wildman–Crippen MR) is 84.1 cm³/mol. The van der Waals surface area contributed by atoms with Gasteiger partial charge >= 0.3 is 0 Å². The Labute approximate surface area is 133 Å². The summed E-state index contributed by atoms with van der Waals surface area (Å²) in [6.45, 7) is 0. The molecule has 0 unspecified atom stereocenters. The lowest BCUT2D eigenvalue weighted by atomic mass is 10.1. The summed E-state index contributed by atoms with van der Waals surface area (Å²) >= 11 is 0. The molecule has 3 rings (SSSR count). The fourth-order valence-electron chi connectivity index (χ4n) is 2.05. The Hall–Kier alpha value is -3.62. The molecule has 0 aliphatic heterocycles. The van der Waals surface area contributed by atoms with Crippen LogP contribution in [0.15, 0.2) is 63.6 Å². The van der Waals surface area contributed by atoms with Crippen molar-refractivity contribution in [3.8, 4) is 11.3 Å². The highest BCUT2D eigenvalue weighted by Gasteiger charge is 2.13. The minimum atomic E-state index is -0.520. The molecule has 1 aromatic heterocycles. The minimum Gasteiger partial charge on any atom is -0.295 e. The molecule has 0 spiro atoms. The second-order valence-electron chi connectivity index (χ2n) is 4.79. The molecule has 0 saturated carbocycles. The molecule has 0 amide bonds. The summed E-state index contributed by atoms with van der Waals surface area (Å²) < 4.78 is 13.1. The van der Waals surface area contributed by atoms with Crippen molar-refractivity contribution in [1.82, 2.24) is 10.2 Å². The number of nitrogens with one attached hydrogen (secondary N) is 2. The summed E-state index contributed by atoms with van der Waals surface area (Å²) in [6, 6.07) is 11.1. The molecular weight excluding hydrogens is 317 g/mol. The molecule has 24 heavy (non-hydrogen) atoms. The van der Waals surface area contributed by atoms with Crippen molar-refractivity contribution in [3.63, 3.8) is 0 Å². The van der Waals surface area contributed by atoms with Crippen LogP contribution in [0.2, 0.25) is 0 Å². The summed E-state index contributed by atoms with van der Waals surface area (Å²) in [5, 5.41) is 23.4. The van der Waals surface area contributed by atoms with Gasteiger partial charge in [-0.05, 0) is 24.3 Å². The van der Waals surface area contributed by atoms with Gasteiger partial charge in [-0.15, -0.1) is 5.11 Å². The number of non-ortho nitro benzene ring substituents is 1. The van der Waals surface area contributed by atoms with Crippen LogP contribution in [0.3, 0.4) is 0 Å². The van der Waals surface area contributed by atoms with Crippen molar-refractivity contribution in [3.05, 3.63) is 74.8 Å². The zero-order valence-corrected chi connectivity index (χ0v) is 12.1. The third-order valence-corrected chi connectivity index (χ3v) is 3.19. The number of aromatic amines is 2. The molecule has 9 heteroatoms. The van der Waals surface area contributed by atoms with Gasteiger partial charge < -0.3 is 0 Å². The van der Waals surface area contributed by atoms with E-state index in [2.05, 4.69) is 20.4 Å². The Morgan fingerprint density at radius 3 is 2.46 bits per heavy atom. The molecule has 0 atom stereocenters. The van der Waals surface area contributed by atoms with E-state index in [1.54, 1.807) is 6.07 Å². The van der Waals surface area contributed by atoms with Gasteiger partial charge in [-0.3, -0.25) is 25.1 Å². The van der Waals surface area contributed by atoms with E-state index in [4.69, 9.17) is 0 Å². The van der Waals surface area contributed by atoms with Crippen molar-refractivity contribution >= 4 is 17.1 Å². The largest absolute Gasteiger partial charge is 0.295 e. The van der Waals surface area contributed by atoms with Gasteiger partial charge in [0.15, 0.2) is 5.69 Å². The lowest BCUT2D eigenvalue weighted by molar-refractivity contribution is -0.384. The molecule has 0 bridgehead atoms. The number of nitrogens with zero attached hydrogens (tertiary/aromatic N) is 3. The van der Waals surface area contributed by atoms with Gasteiger partial charge in [-0.25, -0.2) is 4.39 Å². The molecule has 0 aliphatic rings. The van der Waals surface area contributed by atoms with Crippen LogP contribution in [-0.4, -0.2) is 15.1 Å². The Morgan fingerprint density at radius 2 is 1.79 bits per heavy atom. The first-order valence-electron chi connectivity index (χ1n) is 6.77. The number of halogens is 1. The number of benzene rings is 2. The average Bonchev–Trinajstić information content (AvgIpc) is 2.94. The van der Waals surface area contributed by atoms with Gasteiger partial charge in [-0.1, -0.05) is 6.07 Å². The van der Waals surface area contributed by atoms with Gasteiger partial charge in [0.25, 0.3) is 11.2 Å². The van der Waals surface area contributed by atoms with Gasteiger partial charge in [0, 0.05) is 23.8 Å². The fourth-order valence-corrected chi connectivity index (χ4v) is 2.05. The molecule has 0 saturated heterocycles. The summed E-state index contributed by atoms with van der Waals surface area (Å²) in [4.78, 5) is 22.0. The van der Waals surface area contributed by atoms with Crippen LogP contribution in [0.4, 0.5) is 21.5 Å². The first kappa shape index (κ1) is 15.3. The number of azo groups is 1. The van der Waals surface area contributed by atoms with E-state index >= 15 is 0 Å². The minimum absolute atomic E-state index is 0.00638. The SMILES string of the molecule is O=c1[nH][nH]c(-c2ccc([N+](=O)[O-])cc2)c1N=Nc1cccc(F)c1. The Bertz CT molecular complexity index is 975. The zero-order chi connectivity index (χ0) is 17.1. The van der Waals surface area contributed by atoms with Crippen molar-refractivity contribution in [2.24, 2.45) is 10.2 Å². The summed E-state index contributed by atoms with van der Waals surface area (Å²) in [7, 11) is 0. The number of nitro groups is 1. The van der Waals surface area contributed by atoms with Crippen molar-refractivity contribution in [1.29, 1.82) is 0 Å². The van der Waals surface area contributed by atoms with Gasteiger partial charge in [0.1, 0.15) is 5.82 Å². The van der Waals surface area contributed by atoms with Gasteiger partial charge in [0.2, 0.25) is 0 Å². The molecule has 1 heterocycles.